The lowest BCUT2D eigenvalue weighted by atomic mass is 10.4. The Morgan fingerprint density at radius 2 is 1.75 bits per heavy atom. The summed E-state index contributed by atoms with van der Waals surface area (Å²) in [6.07, 6.45) is -4.03. The lowest BCUT2D eigenvalue weighted by Crippen LogP contribution is -2.29. The van der Waals surface area contributed by atoms with E-state index >= 15 is 0 Å². The topological polar surface area (TPSA) is 6.25 Å². The van der Waals surface area contributed by atoms with Crippen molar-refractivity contribution in [3.63, 3.8) is 0 Å². The molecule has 0 N–H and O–H groups in total. The predicted molar refractivity (Wildman–Crippen MR) is 45.9 cm³/mol. The van der Waals surface area contributed by atoms with Gasteiger partial charge in [0.2, 0.25) is 0 Å². The van der Waals surface area contributed by atoms with E-state index in [9.17, 15) is 13.2 Å². The first-order valence-corrected chi connectivity index (χ1v) is 4.67. The van der Waals surface area contributed by atoms with E-state index < -0.39 is 12.7 Å². The van der Waals surface area contributed by atoms with E-state index in [1.165, 1.54) is 4.90 Å². The molecule has 12 heavy (non-hydrogen) atoms. The molecule has 2 atom stereocenters. The van der Waals surface area contributed by atoms with Gasteiger partial charge in [-0.05, 0) is 0 Å². The molecular formula is C6H8F3IN2. The van der Waals surface area contributed by atoms with Crippen LogP contribution < -0.4 is 0 Å². The van der Waals surface area contributed by atoms with Crippen molar-refractivity contribution in [1.29, 1.82) is 0 Å². The van der Waals surface area contributed by atoms with Gasteiger partial charge in [0.05, 0.1) is 6.54 Å². The van der Waals surface area contributed by atoms with Crippen molar-refractivity contribution < 1.29 is 13.2 Å². The number of fused-ring (bicyclic) bond motifs is 1. The molecule has 70 valence electrons. The fraction of sp³-hybridized carbons (Fsp3) is 1.00. The highest BCUT2D eigenvalue weighted by molar-refractivity contribution is 14.1. The lowest BCUT2D eigenvalue weighted by Gasteiger charge is -2.14. The SMILES string of the molecule is FC(F)(F)CN1C2CN(I)CC21. The molecule has 0 aliphatic carbocycles. The van der Waals surface area contributed by atoms with Gasteiger partial charge in [-0.1, -0.05) is 0 Å². The van der Waals surface area contributed by atoms with Crippen LogP contribution in [0.3, 0.4) is 0 Å². The van der Waals surface area contributed by atoms with E-state index in [4.69, 9.17) is 0 Å². The number of halogens is 4. The number of nitrogens with zero attached hydrogens (tertiary/aromatic N) is 2. The monoisotopic (exact) mass is 292 g/mol. The zero-order valence-corrected chi connectivity index (χ0v) is 8.34. The van der Waals surface area contributed by atoms with Gasteiger partial charge in [-0.3, -0.25) is 4.90 Å². The maximum absolute atomic E-state index is 11.9. The summed E-state index contributed by atoms with van der Waals surface area (Å²) in [7, 11) is 0. The van der Waals surface area contributed by atoms with Crippen LogP contribution in [0.1, 0.15) is 0 Å². The number of hydrogen-bond donors (Lipinski definition) is 0. The van der Waals surface area contributed by atoms with Gasteiger partial charge in [0.15, 0.2) is 0 Å². The second-order valence-electron chi connectivity index (χ2n) is 3.25. The number of hydrogen-bond acceptors (Lipinski definition) is 2. The average molecular weight is 292 g/mol. The normalized spacial score (nSPS) is 41.5. The molecule has 0 aromatic carbocycles. The summed E-state index contributed by atoms with van der Waals surface area (Å²) in [6.45, 7) is 0.829. The molecule has 2 aliphatic heterocycles. The van der Waals surface area contributed by atoms with Crippen LogP contribution in [0.2, 0.25) is 0 Å². The maximum atomic E-state index is 11.9. The summed E-state index contributed by atoms with van der Waals surface area (Å²) in [6, 6.07) is 0.340. The standard InChI is InChI=1S/C6H8F3IN2/c7-6(8,9)3-12-4-1-11(10)2-5(4)12/h4-5H,1-3H2. The Bertz CT molecular complexity index is 184. The summed E-state index contributed by atoms with van der Waals surface area (Å²) >= 11 is 2.15. The van der Waals surface area contributed by atoms with Gasteiger partial charge in [-0.25, -0.2) is 3.11 Å². The fourth-order valence-corrected chi connectivity index (χ4v) is 2.57. The molecule has 2 aliphatic rings. The largest absolute Gasteiger partial charge is 0.401 e. The zero-order chi connectivity index (χ0) is 8.93. The lowest BCUT2D eigenvalue weighted by molar-refractivity contribution is -0.136. The van der Waals surface area contributed by atoms with Crippen molar-refractivity contribution in [2.45, 2.75) is 18.3 Å². The minimum atomic E-state index is -4.03. The van der Waals surface area contributed by atoms with E-state index in [-0.39, 0.29) is 12.1 Å². The van der Waals surface area contributed by atoms with E-state index in [1.807, 2.05) is 3.11 Å². The van der Waals surface area contributed by atoms with Crippen LogP contribution in [-0.2, 0) is 0 Å². The molecule has 2 heterocycles. The van der Waals surface area contributed by atoms with Crippen LogP contribution in [0.4, 0.5) is 13.2 Å². The summed E-state index contributed by atoms with van der Waals surface area (Å²) < 4.78 is 37.7. The second kappa shape index (κ2) is 2.71. The highest BCUT2D eigenvalue weighted by Crippen LogP contribution is 2.39. The molecule has 0 saturated carbocycles. The van der Waals surface area contributed by atoms with Crippen LogP contribution in [0.5, 0.6) is 0 Å². The van der Waals surface area contributed by atoms with Crippen LogP contribution >= 0.6 is 22.9 Å². The van der Waals surface area contributed by atoms with Crippen LogP contribution in [0.15, 0.2) is 0 Å². The minimum Gasteiger partial charge on any atom is -0.283 e. The summed E-state index contributed by atoms with van der Waals surface area (Å²) in [5.41, 5.74) is 0. The Balaban J connectivity index is 1.83. The van der Waals surface area contributed by atoms with Gasteiger partial charge >= 0.3 is 6.18 Å². The van der Waals surface area contributed by atoms with Gasteiger partial charge in [0.25, 0.3) is 0 Å². The Hall–Kier alpha value is 0.440. The zero-order valence-electron chi connectivity index (χ0n) is 6.18. The molecule has 2 rings (SSSR count). The van der Waals surface area contributed by atoms with Gasteiger partial charge in [-0.15, -0.1) is 0 Å². The average Bonchev–Trinajstić information content (AvgIpc) is 2.42. The molecule has 2 saturated heterocycles. The first-order chi connectivity index (χ1) is 5.47. The van der Waals surface area contributed by atoms with Crippen LogP contribution in [-0.4, -0.2) is 45.9 Å². The molecule has 0 spiro atoms. The third-order valence-corrected chi connectivity index (χ3v) is 3.13. The molecule has 0 aromatic rings. The molecule has 2 nitrogen and oxygen atoms in total. The van der Waals surface area contributed by atoms with E-state index in [2.05, 4.69) is 22.9 Å². The van der Waals surface area contributed by atoms with Crippen LogP contribution in [0, 0.1) is 0 Å². The minimum absolute atomic E-state index is 0.170. The van der Waals surface area contributed by atoms with Crippen molar-refractivity contribution in [3.8, 4) is 0 Å². The first-order valence-electron chi connectivity index (χ1n) is 3.70. The van der Waals surface area contributed by atoms with Crippen molar-refractivity contribution in [2.24, 2.45) is 0 Å². The van der Waals surface area contributed by atoms with Crippen molar-refractivity contribution in [2.75, 3.05) is 19.6 Å². The molecule has 2 fully saturated rings. The van der Waals surface area contributed by atoms with Gasteiger partial charge in [-0.2, -0.15) is 13.2 Å². The molecular weight excluding hydrogens is 284 g/mol. The van der Waals surface area contributed by atoms with Crippen LogP contribution in [0.25, 0.3) is 0 Å². The van der Waals surface area contributed by atoms with E-state index in [1.54, 1.807) is 0 Å². The highest BCUT2D eigenvalue weighted by atomic mass is 127. The Kier molecular flexibility index (Phi) is 2.04. The molecule has 0 aromatic heterocycles. The van der Waals surface area contributed by atoms with Crippen molar-refractivity contribution in [1.82, 2.24) is 8.01 Å². The summed E-state index contributed by atoms with van der Waals surface area (Å²) in [5, 5.41) is 0. The molecule has 6 heteroatoms. The molecule has 0 bridgehead atoms. The van der Waals surface area contributed by atoms with Crippen molar-refractivity contribution in [3.05, 3.63) is 0 Å². The van der Waals surface area contributed by atoms with E-state index in [0.29, 0.717) is 0 Å². The maximum Gasteiger partial charge on any atom is 0.401 e. The molecule has 0 amide bonds. The smallest absolute Gasteiger partial charge is 0.283 e. The summed E-state index contributed by atoms with van der Waals surface area (Å²) in [5.74, 6) is 0. The number of rotatable bonds is 1. The van der Waals surface area contributed by atoms with Gasteiger partial charge < -0.3 is 0 Å². The van der Waals surface area contributed by atoms with Crippen molar-refractivity contribution >= 4 is 22.9 Å². The quantitative estimate of drug-likeness (QED) is 0.408. The third kappa shape index (κ3) is 1.69. The summed E-state index contributed by atoms with van der Waals surface area (Å²) in [4.78, 5) is 1.52. The Labute approximate surface area is 82.2 Å². The number of alkyl halides is 3. The predicted octanol–water partition coefficient (Wildman–Crippen LogP) is 1.27. The first kappa shape index (κ1) is 9.01. The Morgan fingerprint density at radius 1 is 1.25 bits per heavy atom. The van der Waals surface area contributed by atoms with E-state index in [0.717, 1.165) is 13.1 Å². The molecule has 0 radical (unpaired) electrons. The fourth-order valence-electron chi connectivity index (χ4n) is 1.77. The number of piperazine rings is 1. The molecule has 2 unspecified atom stereocenters. The Morgan fingerprint density at radius 3 is 2.17 bits per heavy atom. The second-order valence-corrected chi connectivity index (χ2v) is 4.61. The highest BCUT2D eigenvalue weighted by Gasteiger charge is 2.56. The van der Waals surface area contributed by atoms with Gasteiger partial charge in [0.1, 0.15) is 0 Å². The third-order valence-electron chi connectivity index (χ3n) is 2.34. The van der Waals surface area contributed by atoms with Gasteiger partial charge in [0, 0.05) is 48.0 Å².